The smallest absolute Gasteiger partial charge is 0.225 e. The van der Waals surface area contributed by atoms with Crippen LogP contribution in [0.25, 0.3) is 10.9 Å². The number of nitrogens with one attached hydrogen (secondary N) is 1. The molecule has 8 heteroatoms. The Kier molecular flexibility index (Phi) is 5.38. The minimum Gasteiger partial charge on any atom is -0.334 e. The topological polar surface area (TPSA) is 75.9 Å². The second-order valence-electron chi connectivity index (χ2n) is 7.81. The van der Waals surface area contributed by atoms with Gasteiger partial charge in [0, 0.05) is 41.3 Å². The number of hydrogen-bond acceptors (Lipinski definition) is 6. The lowest BCUT2D eigenvalue weighted by molar-refractivity contribution is -0.132. The molecular weight excluding hydrogens is 408 g/mol. The van der Waals surface area contributed by atoms with Crippen molar-refractivity contribution >= 4 is 39.0 Å². The fourth-order valence-electron chi connectivity index (χ4n) is 4.27. The van der Waals surface area contributed by atoms with Gasteiger partial charge in [0.1, 0.15) is 0 Å². The molecule has 1 amide bonds. The van der Waals surface area contributed by atoms with Crippen molar-refractivity contribution in [3.8, 4) is 0 Å². The molecule has 31 heavy (non-hydrogen) atoms. The molecule has 3 aromatic heterocycles. The molecule has 1 aromatic carbocycles. The van der Waals surface area contributed by atoms with Gasteiger partial charge in [-0.1, -0.05) is 18.2 Å². The van der Waals surface area contributed by atoms with E-state index in [9.17, 15) is 4.79 Å². The van der Waals surface area contributed by atoms with E-state index in [2.05, 4.69) is 15.4 Å². The van der Waals surface area contributed by atoms with Crippen molar-refractivity contribution in [3.63, 3.8) is 0 Å². The maximum atomic E-state index is 13.1. The number of aryl methyl sites for hydroxylation is 2. The van der Waals surface area contributed by atoms with Crippen LogP contribution in [-0.2, 0) is 11.3 Å². The molecule has 158 valence electrons. The lowest BCUT2D eigenvalue weighted by Crippen LogP contribution is -2.31. The number of fused-ring (bicyclic) bond motifs is 1. The third-order valence-electron chi connectivity index (χ3n) is 5.66. The molecule has 4 heterocycles. The molecule has 0 radical (unpaired) electrons. The standard InChI is InChI=1S/C23H24N6OS/c1-16-13-18(27-23-24-9-12-31-23)14-19(26-16)21-7-4-10-28(21)22(30)8-11-29-20-6-3-2-5-17(20)15-25-29/h2-3,5-6,9,12-15,21H,4,7-8,10-11H2,1H3,(H,24,26,27). The van der Waals surface area contributed by atoms with Gasteiger partial charge in [0.05, 0.1) is 30.0 Å². The quantitative estimate of drug-likeness (QED) is 0.478. The monoisotopic (exact) mass is 432 g/mol. The second-order valence-corrected chi connectivity index (χ2v) is 8.70. The molecule has 0 bridgehead atoms. The van der Waals surface area contributed by atoms with Gasteiger partial charge in [-0.25, -0.2) is 4.98 Å². The molecule has 5 rings (SSSR count). The number of carbonyl (C=O) groups is 1. The van der Waals surface area contributed by atoms with Crippen molar-refractivity contribution in [2.45, 2.75) is 38.8 Å². The highest BCUT2D eigenvalue weighted by atomic mass is 32.1. The summed E-state index contributed by atoms with van der Waals surface area (Å²) in [5, 5.41) is 11.7. The van der Waals surface area contributed by atoms with Crippen LogP contribution in [0.4, 0.5) is 10.8 Å². The van der Waals surface area contributed by atoms with Gasteiger partial charge in [-0.05, 0) is 38.0 Å². The number of rotatable bonds is 6. The van der Waals surface area contributed by atoms with Crippen LogP contribution in [-0.4, -0.2) is 37.1 Å². The number of hydrogen-bond donors (Lipinski definition) is 1. The summed E-state index contributed by atoms with van der Waals surface area (Å²) in [5.41, 5.74) is 3.89. The molecule has 1 N–H and O–H groups in total. The van der Waals surface area contributed by atoms with Crippen LogP contribution in [0, 0.1) is 6.92 Å². The summed E-state index contributed by atoms with van der Waals surface area (Å²) in [7, 11) is 0. The van der Waals surface area contributed by atoms with Crippen LogP contribution in [0.5, 0.6) is 0 Å². The molecule has 1 fully saturated rings. The van der Waals surface area contributed by atoms with E-state index in [0.29, 0.717) is 13.0 Å². The maximum absolute atomic E-state index is 13.1. The summed E-state index contributed by atoms with van der Waals surface area (Å²) >= 11 is 1.56. The first-order valence-electron chi connectivity index (χ1n) is 10.5. The summed E-state index contributed by atoms with van der Waals surface area (Å²) in [6, 6.07) is 12.1. The van der Waals surface area contributed by atoms with E-state index in [-0.39, 0.29) is 11.9 Å². The van der Waals surface area contributed by atoms with Gasteiger partial charge in [-0.3, -0.25) is 14.5 Å². The number of amides is 1. The second kappa shape index (κ2) is 8.47. The first-order valence-corrected chi connectivity index (χ1v) is 11.4. The van der Waals surface area contributed by atoms with Crippen molar-refractivity contribution in [3.05, 3.63) is 65.6 Å². The molecule has 0 spiro atoms. The molecule has 1 aliphatic heterocycles. The summed E-state index contributed by atoms with van der Waals surface area (Å²) in [5.74, 6) is 0.153. The van der Waals surface area contributed by atoms with E-state index >= 15 is 0 Å². The van der Waals surface area contributed by atoms with Gasteiger partial charge in [-0.2, -0.15) is 5.10 Å². The van der Waals surface area contributed by atoms with E-state index in [4.69, 9.17) is 4.98 Å². The zero-order valence-electron chi connectivity index (χ0n) is 17.4. The fourth-order valence-corrected chi connectivity index (χ4v) is 4.82. The van der Waals surface area contributed by atoms with E-state index in [0.717, 1.165) is 52.5 Å². The van der Waals surface area contributed by atoms with Crippen LogP contribution < -0.4 is 5.32 Å². The van der Waals surface area contributed by atoms with E-state index < -0.39 is 0 Å². The van der Waals surface area contributed by atoms with E-state index in [1.54, 1.807) is 17.5 Å². The lowest BCUT2D eigenvalue weighted by atomic mass is 10.1. The Morgan fingerprint density at radius 3 is 3.06 bits per heavy atom. The number of benzene rings is 1. The number of thiazole rings is 1. The Morgan fingerprint density at radius 2 is 2.19 bits per heavy atom. The van der Waals surface area contributed by atoms with E-state index in [1.807, 2.05) is 64.5 Å². The molecule has 7 nitrogen and oxygen atoms in total. The third-order valence-corrected chi connectivity index (χ3v) is 6.35. The number of likely N-dealkylation sites (tertiary alicyclic amines) is 1. The summed E-state index contributed by atoms with van der Waals surface area (Å²) < 4.78 is 1.92. The highest BCUT2D eigenvalue weighted by Crippen LogP contribution is 2.33. The highest BCUT2D eigenvalue weighted by Gasteiger charge is 2.31. The van der Waals surface area contributed by atoms with E-state index in [1.165, 1.54) is 0 Å². The van der Waals surface area contributed by atoms with Gasteiger partial charge in [0.15, 0.2) is 5.13 Å². The number of carbonyl (C=O) groups excluding carboxylic acids is 1. The van der Waals surface area contributed by atoms with Crippen molar-refractivity contribution in [1.82, 2.24) is 24.6 Å². The lowest BCUT2D eigenvalue weighted by Gasteiger charge is -2.25. The Hall–Kier alpha value is -3.26. The number of para-hydroxylation sites is 1. The Morgan fingerprint density at radius 1 is 1.29 bits per heavy atom. The SMILES string of the molecule is Cc1cc(Nc2nccs2)cc(C2CCCN2C(=O)CCn2ncc3ccccc32)n1. The molecule has 0 saturated carbocycles. The van der Waals surface area contributed by atoms with Crippen LogP contribution in [0.1, 0.15) is 36.7 Å². The van der Waals surface area contributed by atoms with Crippen molar-refractivity contribution < 1.29 is 4.79 Å². The zero-order valence-corrected chi connectivity index (χ0v) is 18.2. The first kappa shape index (κ1) is 19.7. The molecular formula is C23H24N6OS. The highest BCUT2D eigenvalue weighted by molar-refractivity contribution is 7.13. The third kappa shape index (κ3) is 4.16. The minimum atomic E-state index is 0.0126. The summed E-state index contributed by atoms with van der Waals surface area (Å²) in [4.78, 5) is 24.2. The number of aromatic nitrogens is 4. The molecule has 1 atom stereocenters. The van der Waals surface area contributed by atoms with Crippen LogP contribution in [0.3, 0.4) is 0 Å². The van der Waals surface area contributed by atoms with Crippen molar-refractivity contribution in [1.29, 1.82) is 0 Å². The average molecular weight is 433 g/mol. The number of anilines is 2. The summed E-state index contributed by atoms with van der Waals surface area (Å²) in [6.45, 7) is 3.34. The van der Waals surface area contributed by atoms with Crippen LogP contribution in [0.2, 0.25) is 0 Å². The zero-order chi connectivity index (χ0) is 21.2. The predicted molar refractivity (Wildman–Crippen MR) is 122 cm³/mol. The summed E-state index contributed by atoms with van der Waals surface area (Å²) in [6.07, 6.45) is 5.99. The number of nitrogens with zero attached hydrogens (tertiary/aromatic N) is 5. The minimum absolute atomic E-state index is 0.0126. The Balaban J connectivity index is 1.31. The number of pyridine rings is 1. The Bertz CT molecular complexity index is 1200. The van der Waals surface area contributed by atoms with Crippen molar-refractivity contribution in [2.24, 2.45) is 0 Å². The molecule has 1 saturated heterocycles. The van der Waals surface area contributed by atoms with Gasteiger partial charge < -0.3 is 10.2 Å². The van der Waals surface area contributed by atoms with Crippen LogP contribution >= 0.6 is 11.3 Å². The van der Waals surface area contributed by atoms with Gasteiger partial charge in [-0.15, -0.1) is 11.3 Å². The molecule has 1 aliphatic rings. The van der Waals surface area contributed by atoms with Gasteiger partial charge in [0.2, 0.25) is 5.91 Å². The molecule has 1 unspecified atom stereocenters. The predicted octanol–water partition coefficient (Wildman–Crippen LogP) is 4.69. The normalized spacial score (nSPS) is 16.2. The molecule has 4 aromatic rings. The maximum Gasteiger partial charge on any atom is 0.225 e. The Labute approximate surface area is 184 Å². The van der Waals surface area contributed by atoms with Gasteiger partial charge in [0.25, 0.3) is 0 Å². The fraction of sp³-hybridized carbons (Fsp3) is 0.304. The van der Waals surface area contributed by atoms with Crippen molar-refractivity contribution in [2.75, 3.05) is 11.9 Å². The van der Waals surface area contributed by atoms with Crippen LogP contribution in [0.15, 0.2) is 54.2 Å². The largest absolute Gasteiger partial charge is 0.334 e. The first-order chi connectivity index (χ1) is 15.2. The average Bonchev–Trinajstić information content (AvgIpc) is 3.52. The van der Waals surface area contributed by atoms with Gasteiger partial charge >= 0.3 is 0 Å². The molecule has 0 aliphatic carbocycles.